The third-order valence-corrected chi connectivity index (χ3v) is 5.22. The minimum absolute atomic E-state index is 0. The maximum Gasteiger partial charge on any atom is 0.220 e. The van der Waals surface area contributed by atoms with E-state index in [0.717, 1.165) is 24.4 Å². The highest BCUT2D eigenvalue weighted by molar-refractivity contribution is 5.85. The van der Waals surface area contributed by atoms with Crippen LogP contribution in [0.3, 0.4) is 0 Å². The largest absolute Gasteiger partial charge is 0.497 e. The van der Waals surface area contributed by atoms with E-state index < -0.39 is 0 Å². The highest BCUT2D eigenvalue weighted by Gasteiger charge is 2.21. The lowest BCUT2D eigenvalue weighted by atomic mass is 9.85. The summed E-state index contributed by atoms with van der Waals surface area (Å²) in [5, 5.41) is 6.44. The minimum atomic E-state index is 0. The fourth-order valence-electron chi connectivity index (χ4n) is 3.48. The van der Waals surface area contributed by atoms with Crippen molar-refractivity contribution in [1.29, 1.82) is 0 Å². The van der Waals surface area contributed by atoms with Gasteiger partial charge in [0.25, 0.3) is 0 Å². The molecule has 1 amide bonds. The first-order valence-electron chi connectivity index (χ1n) is 9.88. The third-order valence-electron chi connectivity index (χ3n) is 5.22. The van der Waals surface area contributed by atoms with Crippen molar-refractivity contribution in [2.75, 3.05) is 20.2 Å². The number of benzene rings is 1. The molecule has 8 heteroatoms. The first-order chi connectivity index (χ1) is 13.6. The van der Waals surface area contributed by atoms with E-state index in [1.807, 2.05) is 36.4 Å². The van der Waals surface area contributed by atoms with E-state index in [2.05, 4.69) is 22.5 Å². The Bertz CT molecular complexity index is 768. The number of halogens is 2. The van der Waals surface area contributed by atoms with E-state index in [1.54, 1.807) is 13.3 Å². The molecule has 30 heavy (non-hydrogen) atoms. The molecule has 0 radical (unpaired) electrons. The zero-order valence-corrected chi connectivity index (χ0v) is 19.1. The number of amides is 1. The predicted molar refractivity (Wildman–Crippen MR) is 123 cm³/mol. The van der Waals surface area contributed by atoms with Gasteiger partial charge in [-0.15, -0.1) is 24.8 Å². The van der Waals surface area contributed by atoms with Crippen molar-refractivity contribution in [2.45, 2.75) is 32.7 Å². The lowest BCUT2D eigenvalue weighted by Gasteiger charge is -2.28. The van der Waals surface area contributed by atoms with Crippen LogP contribution < -0.4 is 20.1 Å². The lowest BCUT2D eigenvalue weighted by molar-refractivity contribution is -0.122. The van der Waals surface area contributed by atoms with Gasteiger partial charge in [0, 0.05) is 25.2 Å². The number of piperidine rings is 1. The molecule has 0 aliphatic carbocycles. The molecule has 1 aromatic heterocycles. The Morgan fingerprint density at radius 3 is 2.63 bits per heavy atom. The molecule has 2 heterocycles. The van der Waals surface area contributed by atoms with Crippen molar-refractivity contribution in [3.8, 4) is 17.4 Å². The summed E-state index contributed by atoms with van der Waals surface area (Å²) in [5.41, 5.74) is 0.957. The van der Waals surface area contributed by atoms with Gasteiger partial charge in [0.1, 0.15) is 11.5 Å². The molecular formula is C22H31Cl2N3O3. The van der Waals surface area contributed by atoms with Crippen molar-refractivity contribution in [1.82, 2.24) is 15.6 Å². The van der Waals surface area contributed by atoms with E-state index in [-0.39, 0.29) is 30.7 Å². The second-order valence-corrected chi connectivity index (χ2v) is 7.34. The molecule has 166 valence electrons. The number of carbonyl (C=O) groups excluding carboxylic acids is 1. The number of methoxy groups -OCH3 is 1. The summed E-state index contributed by atoms with van der Waals surface area (Å²) in [6, 6.07) is 11.1. The van der Waals surface area contributed by atoms with E-state index in [4.69, 9.17) is 9.47 Å². The third kappa shape index (κ3) is 8.01. The molecular weight excluding hydrogens is 425 g/mol. The van der Waals surface area contributed by atoms with Crippen molar-refractivity contribution in [3.05, 3.63) is 48.2 Å². The standard InChI is InChI=1S/C22H29N3O3.2ClH/c1-16(18-4-3-10-23-15-18)12-21(26)25-14-17-9-11-24-22(13-17)28-20-7-5-19(27-2)6-8-20;;/h5-9,11,13,16,18,23H,3-4,10,12,14-15H2,1-2H3,(H,25,26);2*1H. The topological polar surface area (TPSA) is 72.5 Å². The Kier molecular flexibility index (Phi) is 11.5. The number of pyridine rings is 1. The summed E-state index contributed by atoms with van der Waals surface area (Å²) in [7, 11) is 1.63. The van der Waals surface area contributed by atoms with E-state index in [9.17, 15) is 4.79 Å². The van der Waals surface area contributed by atoms with Crippen LogP contribution in [0.2, 0.25) is 0 Å². The number of ether oxygens (including phenoxy) is 2. The molecule has 3 rings (SSSR count). The lowest BCUT2D eigenvalue weighted by Crippen LogP contribution is -2.35. The SMILES string of the molecule is COc1ccc(Oc2cc(CNC(=O)CC(C)C3CCCNC3)ccn2)cc1.Cl.Cl. The number of carbonyl (C=O) groups is 1. The highest BCUT2D eigenvalue weighted by Crippen LogP contribution is 2.24. The summed E-state index contributed by atoms with van der Waals surface area (Å²) in [6.07, 6.45) is 4.66. The maximum absolute atomic E-state index is 12.3. The van der Waals surface area contributed by atoms with Gasteiger partial charge < -0.3 is 20.1 Å². The van der Waals surface area contributed by atoms with Crippen molar-refractivity contribution < 1.29 is 14.3 Å². The summed E-state index contributed by atoms with van der Waals surface area (Å²) in [4.78, 5) is 16.6. The Morgan fingerprint density at radius 1 is 1.23 bits per heavy atom. The average molecular weight is 456 g/mol. The van der Waals surface area contributed by atoms with Gasteiger partial charge in [0.05, 0.1) is 7.11 Å². The van der Waals surface area contributed by atoms with Crippen LogP contribution in [0.5, 0.6) is 17.4 Å². The van der Waals surface area contributed by atoms with Crippen molar-refractivity contribution in [3.63, 3.8) is 0 Å². The van der Waals surface area contributed by atoms with E-state index in [1.165, 1.54) is 12.8 Å². The van der Waals surface area contributed by atoms with E-state index in [0.29, 0.717) is 36.4 Å². The number of nitrogens with zero attached hydrogens (tertiary/aromatic N) is 1. The van der Waals surface area contributed by atoms with Gasteiger partial charge in [-0.05, 0) is 73.7 Å². The molecule has 0 saturated carbocycles. The Labute approximate surface area is 191 Å². The van der Waals surface area contributed by atoms with Gasteiger partial charge in [0.2, 0.25) is 11.8 Å². The second kappa shape index (κ2) is 13.3. The average Bonchev–Trinajstić information content (AvgIpc) is 2.74. The number of hydrogen-bond acceptors (Lipinski definition) is 5. The molecule has 2 N–H and O–H groups in total. The molecule has 2 atom stereocenters. The molecule has 1 fully saturated rings. The van der Waals surface area contributed by atoms with Gasteiger partial charge in [-0.2, -0.15) is 0 Å². The van der Waals surface area contributed by atoms with Crippen LogP contribution in [0, 0.1) is 11.8 Å². The Morgan fingerprint density at radius 2 is 1.97 bits per heavy atom. The normalized spacial score (nSPS) is 16.4. The Hall–Kier alpha value is -2.02. The van der Waals surface area contributed by atoms with E-state index >= 15 is 0 Å². The smallest absolute Gasteiger partial charge is 0.220 e. The minimum Gasteiger partial charge on any atom is -0.497 e. The summed E-state index contributed by atoms with van der Waals surface area (Å²) < 4.78 is 10.9. The summed E-state index contributed by atoms with van der Waals surface area (Å²) in [5.74, 6) is 3.02. The zero-order valence-electron chi connectivity index (χ0n) is 17.4. The second-order valence-electron chi connectivity index (χ2n) is 7.34. The van der Waals surface area contributed by atoms with Crippen LogP contribution in [0.4, 0.5) is 0 Å². The molecule has 1 aromatic carbocycles. The molecule has 1 saturated heterocycles. The quantitative estimate of drug-likeness (QED) is 0.618. The van der Waals surface area contributed by atoms with Crippen LogP contribution in [-0.2, 0) is 11.3 Å². The molecule has 1 aliphatic rings. The molecule has 2 unspecified atom stereocenters. The fourth-order valence-corrected chi connectivity index (χ4v) is 3.48. The maximum atomic E-state index is 12.3. The van der Waals surface area contributed by atoms with Crippen molar-refractivity contribution >= 4 is 30.7 Å². The number of rotatable bonds is 8. The first-order valence-corrected chi connectivity index (χ1v) is 9.88. The predicted octanol–water partition coefficient (Wildman–Crippen LogP) is 4.37. The number of aromatic nitrogens is 1. The number of nitrogens with one attached hydrogen (secondary N) is 2. The van der Waals surface area contributed by atoms with Gasteiger partial charge in [-0.3, -0.25) is 4.79 Å². The van der Waals surface area contributed by atoms with Crippen LogP contribution in [0.1, 0.15) is 31.7 Å². The molecule has 0 bridgehead atoms. The molecule has 6 nitrogen and oxygen atoms in total. The zero-order chi connectivity index (χ0) is 19.8. The Balaban J connectivity index is 0.00000225. The van der Waals surface area contributed by atoms with Crippen LogP contribution in [0.15, 0.2) is 42.6 Å². The summed E-state index contributed by atoms with van der Waals surface area (Å²) in [6.45, 7) is 4.75. The fraction of sp³-hybridized carbons (Fsp3) is 0.455. The van der Waals surface area contributed by atoms with Gasteiger partial charge in [-0.25, -0.2) is 4.98 Å². The van der Waals surface area contributed by atoms with Crippen LogP contribution in [0.25, 0.3) is 0 Å². The monoisotopic (exact) mass is 455 g/mol. The summed E-state index contributed by atoms with van der Waals surface area (Å²) >= 11 is 0. The molecule has 0 spiro atoms. The molecule has 2 aromatic rings. The van der Waals surface area contributed by atoms with Crippen LogP contribution >= 0.6 is 24.8 Å². The van der Waals surface area contributed by atoms with Gasteiger partial charge >= 0.3 is 0 Å². The van der Waals surface area contributed by atoms with Crippen LogP contribution in [-0.4, -0.2) is 31.1 Å². The highest BCUT2D eigenvalue weighted by atomic mass is 35.5. The number of hydrogen-bond donors (Lipinski definition) is 2. The van der Waals surface area contributed by atoms with Gasteiger partial charge in [-0.1, -0.05) is 6.92 Å². The van der Waals surface area contributed by atoms with Crippen molar-refractivity contribution in [2.24, 2.45) is 11.8 Å². The van der Waals surface area contributed by atoms with Gasteiger partial charge in [0.15, 0.2) is 0 Å². The molecule has 1 aliphatic heterocycles. The first kappa shape index (κ1) is 26.0.